The van der Waals surface area contributed by atoms with Crippen LogP contribution in [0.2, 0.25) is 0 Å². The van der Waals surface area contributed by atoms with Crippen molar-refractivity contribution in [1.82, 2.24) is 20.5 Å². The third kappa shape index (κ3) is 3.02. The van der Waals surface area contributed by atoms with Gasteiger partial charge in [-0.3, -0.25) is 14.9 Å². The van der Waals surface area contributed by atoms with Gasteiger partial charge in [-0.2, -0.15) is 0 Å². The van der Waals surface area contributed by atoms with Gasteiger partial charge in [0.25, 0.3) is 11.8 Å². The topological polar surface area (TPSA) is 114 Å². The third-order valence-corrected chi connectivity index (χ3v) is 6.19. The van der Waals surface area contributed by atoms with Gasteiger partial charge >= 0.3 is 6.03 Å². The zero-order valence-corrected chi connectivity index (χ0v) is 17.5. The molecule has 2 aliphatic heterocycles. The maximum atomic E-state index is 13.1. The molecule has 0 bridgehead atoms. The van der Waals surface area contributed by atoms with Crippen LogP contribution in [-0.4, -0.2) is 47.6 Å². The third-order valence-electron chi connectivity index (χ3n) is 5.54. The number of benzene rings is 1. The molecule has 5 rings (SSSR count). The Balaban J connectivity index is 1.54. The molecule has 0 unspecified atom stereocenters. The molecule has 1 saturated heterocycles. The van der Waals surface area contributed by atoms with Gasteiger partial charge in [0.15, 0.2) is 11.1 Å². The highest BCUT2D eigenvalue weighted by Crippen LogP contribution is 2.35. The first-order valence-electron chi connectivity index (χ1n) is 9.48. The predicted octanol–water partition coefficient (Wildman–Crippen LogP) is 2.25. The summed E-state index contributed by atoms with van der Waals surface area (Å²) in [7, 11) is 1.53. The van der Waals surface area contributed by atoms with Gasteiger partial charge in [-0.05, 0) is 36.1 Å². The van der Waals surface area contributed by atoms with E-state index in [2.05, 4.69) is 15.6 Å². The molecule has 31 heavy (non-hydrogen) atoms. The van der Waals surface area contributed by atoms with Crippen LogP contribution in [0.4, 0.5) is 4.79 Å². The lowest BCUT2D eigenvalue weighted by Crippen LogP contribution is -2.52. The van der Waals surface area contributed by atoms with Gasteiger partial charge in [0.2, 0.25) is 0 Å². The summed E-state index contributed by atoms with van der Waals surface area (Å²) in [5.41, 5.74) is 0.827. The van der Waals surface area contributed by atoms with Gasteiger partial charge in [-0.1, -0.05) is 6.07 Å². The lowest BCUT2D eigenvalue weighted by Gasteiger charge is -2.28. The highest BCUT2D eigenvalue weighted by atomic mass is 32.2. The molecule has 3 aromatic rings. The summed E-state index contributed by atoms with van der Waals surface area (Å²) in [6.07, 6.45) is 1.91. The number of rotatable bonds is 5. The second-order valence-corrected chi connectivity index (χ2v) is 8.17. The van der Waals surface area contributed by atoms with Gasteiger partial charge in [-0.15, -0.1) is 11.8 Å². The number of hydrogen-bond donors (Lipinski definition) is 2. The van der Waals surface area contributed by atoms with Crippen LogP contribution in [0.5, 0.6) is 5.75 Å². The number of nitrogens with one attached hydrogen (secondary N) is 2. The SMILES string of the molecule is COc1ccc2c(c1)C(=O)N(C[C@@]1(c3cc4nc(SC)ccc4o3)NC(=O)NC1=O)C2. The molecule has 2 aliphatic rings. The molecule has 1 fully saturated rings. The summed E-state index contributed by atoms with van der Waals surface area (Å²) < 4.78 is 11.1. The number of pyridine rings is 1. The molecule has 158 valence electrons. The largest absolute Gasteiger partial charge is 0.497 e. The molecule has 10 heteroatoms. The molecule has 0 radical (unpaired) electrons. The summed E-state index contributed by atoms with van der Waals surface area (Å²) in [5.74, 6) is -0.0365. The van der Waals surface area contributed by atoms with Crippen LogP contribution in [-0.2, 0) is 16.9 Å². The van der Waals surface area contributed by atoms with E-state index in [-0.39, 0.29) is 18.2 Å². The summed E-state index contributed by atoms with van der Waals surface area (Å²) in [6.45, 7) is 0.216. The molecular formula is C21H18N4O5S. The number of fused-ring (bicyclic) bond motifs is 2. The lowest BCUT2D eigenvalue weighted by molar-refractivity contribution is -0.125. The molecule has 0 aliphatic carbocycles. The lowest BCUT2D eigenvalue weighted by atomic mass is 9.95. The van der Waals surface area contributed by atoms with Gasteiger partial charge in [0, 0.05) is 18.2 Å². The van der Waals surface area contributed by atoms with E-state index in [4.69, 9.17) is 9.15 Å². The van der Waals surface area contributed by atoms with E-state index in [1.54, 1.807) is 24.3 Å². The number of carbonyl (C=O) groups excluding carboxylic acids is 3. The zero-order chi connectivity index (χ0) is 21.8. The molecular weight excluding hydrogens is 420 g/mol. The Labute approximate surface area is 181 Å². The Morgan fingerprint density at radius 2 is 2.06 bits per heavy atom. The molecule has 0 spiro atoms. The van der Waals surface area contributed by atoms with Crippen molar-refractivity contribution >= 4 is 40.7 Å². The quantitative estimate of drug-likeness (QED) is 0.464. The number of thioether (sulfide) groups is 1. The average Bonchev–Trinajstić information content (AvgIpc) is 3.41. The fourth-order valence-corrected chi connectivity index (χ4v) is 4.36. The molecule has 9 nitrogen and oxygen atoms in total. The number of furan rings is 1. The van der Waals surface area contributed by atoms with E-state index in [1.165, 1.54) is 23.8 Å². The number of amides is 4. The number of methoxy groups -OCH3 is 1. The first-order chi connectivity index (χ1) is 14.9. The Morgan fingerprint density at radius 1 is 1.23 bits per heavy atom. The first-order valence-corrected chi connectivity index (χ1v) is 10.7. The van der Waals surface area contributed by atoms with Crippen molar-refractivity contribution in [1.29, 1.82) is 0 Å². The summed E-state index contributed by atoms with van der Waals surface area (Å²) in [5, 5.41) is 5.74. The Hall–Kier alpha value is -3.53. The minimum atomic E-state index is -1.56. The van der Waals surface area contributed by atoms with Crippen LogP contribution in [0.25, 0.3) is 11.1 Å². The van der Waals surface area contributed by atoms with Crippen LogP contribution in [0.3, 0.4) is 0 Å². The Morgan fingerprint density at radius 3 is 2.77 bits per heavy atom. The fraction of sp³-hybridized carbons (Fsp3) is 0.238. The smallest absolute Gasteiger partial charge is 0.322 e. The Kier molecular flexibility index (Phi) is 4.40. The summed E-state index contributed by atoms with van der Waals surface area (Å²) >= 11 is 1.48. The normalized spacial score (nSPS) is 20.2. The monoisotopic (exact) mass is 438 g/mol. The van der Waals surface area contributed by atoms with Crippen LogP contribution < -0.4 is 15.4 Å². The molecule has 4 amide bonds. The van der Waals surface area contributed by atoms with Crippen molar-refractivity contribution in [3.05, 3.63) is 53.3 Å². The van der Waals surface area contributed by atoms with Crippen molar-refractivity contribution in [3.8, 4) is 5.75 Å². The standard InChI is InChI=1S/C21H18N4O5S/c1-29-12-4-3-11-9-25(18(26)13(11)7-12)10-21(19(27)23-20(28)24-21)16-8-14-15(30-16)5-6-17(22-14)31-2/h3-8H,9-10H2,1-2H3,(H2,23,24,27,28)/t21-/m0/s1. The molecule has 2 N–H and O–H groups in total. The number of aromatic nitrogens is 1. The van der Waals surface area contributed by atoms with Crippen LogP contribution in [0.15, 0.2) is 45.8 Å². The van der Waals surface area contributed by atoms with Gasteiger partial charge in [-0.25, -0.2) is 9.78 Å². The second-order valence-electron chi connectivity index (χ2n) is 7.35. The minimum Gasteiger partial charge on any atom is -0.497 e. The Bertz CT molecular complexity index is 1260. The number of ether oxygens (including phenoxy) is 1. The molecule has 1 aromatic carbocycles. The van der Waals surface area contributed by atoms with Crippen LogP contribution >= 0.6 is 11.8 Å². The highest BCUT2D eigenvalue weighted by Gasteiger charge is 2.53. The molecule has 0 saturated carbocycles. The maximum Gasteiger partial charge on any atom is 0.322 e. The van der Waals surface area contributed by atoms with Gasteiger partial charge in [0.05, 0.1) is 18.7 Å². The van der Waals surface area contributed by atoms with Crippen LogP contribution in [0.1, 0.15) is 21.7 Å². The van der Waals surface area contributed by atoms with Crippen molar-refractivity contribution < 1.29 is 23.5 Å². The number of imide groups is 1. The van der Waals surface area contributed by atoms with E-state index in [0.29, 0.717) is 29.0 Å². The average molecular weight is 438 g/mol. The summed E-state index contributed by atoms with van der Waals surface area (Å²) in [4.78, 5) is 44.1. The highest BCUT2D eigenvalue weighted by molar-refractivity contribution is 7.98. The van der Waals surface area contributed by atoms with Crippen molar-refractivity contribution in [2.75, 3.05) is 19.9 Å². The van der Waals surface area contributed by atoms with Crippen molar-refractivity contribution in [2.24, 2.45) is 0 Å². The number of urea groups is 1. The maximum absolute atomic E-state index is 13.1. The van der Waals surface area contributed by atoms with Crippen LogP contribution in [0, 0.1) is 0 Å². The molecule has 4 heterocycles. The van der Waals surface area contributed by atoms with Gasteiger partial charge in [0.1, 0.15) is 17.0 Å². The van der Waals surface area contributed by atoms with Crippen molar-refractivity contribution in [3.63, 3.8) is 0 Å². The van der Waals surface area contributed by atoms with E-state index in [1.807, 2.05) is 18.4 Å². The second kappa shape index (κ2) is 7.02. The van der Waals surface area contributed by atoms with Crippen molar-refractivity contribution in [2.45, 2.75) is 17.1 Å². The molecule has 2 aromatic heterocycles. The van der Waals surface area contributed by atoms with E-state index >= 15 is 0 Å². The number of carbonyl (C=O) groups is 3. The van der Waals surface area contributed by atoms with E-state index in [0.717, 1.165) is 10.6 Å². The number of hydrogen-bond acceptors (Lipinski definition) is 7. The fourth-order valence-electron chi connectivity index (χ4n) is 3.96. The minimum absolute atomic E-state index is 0.0877. The van der Waals surface area contributed by atoms with Gasteiger partial charge < -0.3 is 19.4 Å². The first kappa shape index (κ1) is 19.4. The predicted molar refractivity (Wildman–Crippen MR) is 112 cm³/mol. The number of nitrogens with zero attached hydrogens (tertiary/aromatic N) is 2. The van der Waals surface area contributed by atoms with E-state index < -0.39 is 17.5 Å². The van der Waals surface area contributed by atoms with E-state index in [9.17, 15) is 14.4 Å². The molecule has 1 atom stereocenters. The zero-order valence-electron chi connectivity index (χ0n) is 16.7. The summed E-state index contributed by atoms with van der Waals surface area (Å²) in [6, 6.07) is 9.85.